The quantitative estimate of drug-likeness (QED) is 0.654. The Hall–Kier alpha value is -3.65. The number of hydrogen-bond donors (Lipinski definition) is 3. The van der Waals surface area contributed by atoms with E-state index < -0.39 is 12.1 Å². The van der Waals surface area contributed by atoms with E-state index in [9.17, 15) is 18.0 Å². The lowest BCUT2D eigenvalue weighted by Crippen LogP contribution is -2.36. The van der Waals surface area contributed by atoms with E-state index in [1.165, 1.54) is 0 Å². The van der Waals surface area contributed by atoms with Crippen molar-refractivity contribution < 1.29 is 32.6 Å². The SMILES string of the molecule is COc1cnc(C(=O)N[C@H]2CN[C@H](C)C2)cc1-c1cccc(C#N)c1.O=C(O)C(F)(F)F. The highest BCUT2D eigenvalue weighted by Crippen LogP contribution is 2.30. The Kier molecular flexibility index (Phi) is 8.15. The number of pyridine rings is 1. The number of methoxy groups -OCH3 is 1. The van der Waals surface area contributed by atoms with Crippen LogP contribution in [0.1, 0.15) is 29.4 Å². The van der Waals surface area contributed by atoms with Gasteiger partial charge in [-0.3, -0.25) is 4.79 Å². The number of carboxylic acid groups (broad SMARTS) is 1. The first-order chi connectivity index (χ1) is 15.0. The summed E-state index contributed by atoms with van der Waals surface area (Å²) >= 11 is 0. The van der Waals surface area contributed by atoms with E-state index in [2.05, 4.69) is 28.6 Å². The van der Waals surface area contributed by atoms with Crippen LogP contribution in [-0.4, -0.2) is 53.9 Å². The largest absolute Gasteiger partial charge is 0.494 e. The van der Waals surface area contributed by atoms with Gasteiger partial charge < -0.3 is 20.5 Å². The first kappa shape index (κ1) is 24.6. The third-order valence-corrected chi connectivity index (χ3v) is 4.55. The number of alkyl halides is 3. The van der Waals surface area contributed by atoms with Gasteiger partial charge in [0.1, 0.15) is 11.4 Å². The van der Waals surface area contributed by atoms with Crippen LogP contribution in [0.5, 0.6) is 5.75 Å². The lowest BCUT2D eigenvalue weighted by molar-refractivity contribution is -0.192. The fraction of sp³-hybridized carbons (Fsp3) is 0.333. The Morgan fingerprint density at radius 1 is 1.34 bits per heavy atom. The van der Waals surface area contributed by atoms with Gasteiger partial charge >= 0.3 is 12.1 Å². The van der Waals surface area contributed by atoms with E-state index in [0.29, 0.717) is 23.0 Å². The number of halogens is 3. The summed E-state index contributed by atoms with van der Waals surface area (Å²) in [6.45, 7) is 2.86. The molecule has 3 rings (SSSR count). The summed E-state index contributed by atoms with van der Waals surface area (Å²) in [6, 6.07) is 11.5. The molecule has 170 valence electrons. The minimum atomic E-state index is -5.08. The molecule has 1 aromatic heterocycles. The second-order valence-corrected chi connectivity index (χ2v) is 6.98. The van der Waals surface area contributed by atoms with Crippen LogP contribution in [-0.2, 0) is 4.79 Å². The van der Waals surface area contributed by atoms with E-state index in [1.807, 2.05) is 6.07 Å². The van der Waals surface area contributed by atoms with E-state index in [1.54, 1.807) is 37.6 Å². The molecule has 1 aliphatic rings. The van der Waals surface area contributed by atoms with Crippen LogP contribution in [0.2, 0.25) is 0 Å². The summed E-state index contributed by atoms with van der Waals surface area (Å²) in [6.07, 6.45) is -2.64. The maximum Gasteiger partial charge on any atom is 0.490 e. The Morgan fingerprint density at radius 2 is 2.03 bits per heavy atom. The van der Waals surface area contributed by atoms with Gasteiger partial charge in [-0.25, -0.2) is 9.78 Å². The third-order valence-electron chi connectivity index (χ3n) is 4.55. The highest BCUT2D eigenvalue weighted by atomic mass is 19.4. The lowest BCUT2D eigenvalue weighted by atomic mass is 10.0. The van der Waals surface area contributed by atoms with Gasteiger partial charge in [0.2, 0.25) is 0 Å². The molecule has 11 heteroatoms. The molecule has 2 aromatic rings. The third kappa shape index (κ3) is 6.68. The molecule has 3 N–H and O–H groups in total. The average Bonchev–Trinajstić information content (AvgIpc) is 3.17. The summed E-state index contributed by atoms with van der Waals surface area (Å²) in [7, 11) is 1.56. The summed E-state index contributed by atoms with van der Waals surface area (Å²) < 4.78 is 37.1. The van der Waals surface area contributed by atoms with Gasteiger partial charge in [-0.15, -0.1) is 0 Å². The number of nitrogens with zero attached hydrogens (tertiary/aromatic N) is 2. The van der Waals surface area contributed by atoms with Crippen LogP contribution in [0.25, 0.3) is 11.1 Å². The van der Waals surface area contributed by atoms with E-state index in [4.69, 9.17) is 19.9 Å². The van der Waals surface area contributed by atoms with Crippen molar-refractivity contribution in [1.82, 2.24) is 15.6 Å². The number of benzene rings is 1. The molecule has 2 heterocycles. The standard InChI is InChI=1S/C19H20N4O2.C2HF3O2/c1-12-6-15(10-21-12)23-19(24)17-8-16(18(25-2)11-22-17)14-5-3-4-13(7-14)9-20;3-2(4,5)1(6)7/h3-5,7-8,11-12,15,21H,6,10H2,1-2H3,(H,23,24);(H,6,7)/t12-,15-;/m1./s1. The number of aromatic nitrogens is 1. The molecule has 0 saturated carbocycles. The monoisotopic (exact) mass is 450 g/mol. The molecule has 0 spiro atoms. The summed E-state index contributed by atoms with van der Waals surface area (Å²) in [5.74, 6) is -2.41. The fourth-order valence-electron chi connectivity index (χ4n) is 3.02. The molecule has 0 unspecified atom stereocenters. The van der Waals surface area contributed by atoms with Gasteiger partial charge in [0.25, 0.3) is 5.91 Å². The highest BCUT2D eigenvalue weighted by Gasteiger charge is 2.38. The van der Waals surface area contributed by atoms with Crippen molar-refractivity contribution in [3.8, 4) is 22.9 Å². The first-order valence-corrected chi connectivity index (χ1v) is 9.44. The van der Waals surface area contributed by atoms with Gasteiger partial charge in [-0.05, 0) is 37.1 Å². The van der Waals surface area contributed by atoms with Crippen molar-refractivity contribution >= 4 is 11.9 Å². The van der Waals surface area contributed by atoms with Crippen molar-refractivity contribution in [3.63, 3.8) is 0 Å². The molecule has 0 bridgehead atoms. The zero-order chi connectivity index (χ0) is 23.9. The second kappa shape index (κ2) is 10.6. The fourth-order valence-corrected chi connectivity index (χ4v) is 3.02. The van der Waals surface area contributed by atoms with Crippen molar-refractivity contribution in [3.05, 3.63) is 47.8 Å². The van der Waals surface area contributed by atoms with Crippen molar-refractivity contribution in [1.29, 1.82) is 5.26 Å². The number of amides is 1. The van der Waals surface area contributed by atoms with Crippen LogP contribution in [0.4, 0.5) is 13.2 Å². The number of carboxylic acids is 1. The molecule has 1 fully saturated rings. The molecular weight excluding hydrogens is 429 g/mol. The Labute approximate surface area is 182 Å². The maximum atomic E-state index is 12.5. The van der Waals surface area contributed by atoms with Crippen molar-refractivity contribution in [2.75, 3.05) is 13.7 Å². The normalized spacial score (nSPS) is 17.5. The van der Waals surface area contributed by atoms with Crippen LogP contribution in [0.15, 0.2) is 36.5 Å². The number of hydrogen-bond acceptors (Lipinski definition) is 6. The molecule has 1 saturated heterocycles. The Morgan fingerprint density at radius 3 is 2.56 bits per heavy atom. The molecule has 0 radical (unpaired) electrons. The van der Waals surface area contributed by atoms with Gasteiger partial charge in [-0.2, -0.15) is 18.4 Å². The smallest absolute Gasteiger partial charge is 0.490 e. The number of carbonyl (C=O) groups is 2. The van der Waals surface area contributed by atoms with Crippen LogP contribution in [0, 0.1) is 11.3 Å². The number of nitriles is 1. The average molecular weight is 450 g/mol. The lowest BCUT2D eigenvalue weighted by Gasteiger charge is -2.13. The molecule has 1 aromatic carbocycles. The minimum Gasteiger partial charge on any atom is -0.494 e. The summed E-state index contributed by atoms with van der Waals surface area (Å²) in [5.41, 5.74) is 2.42. The summed E-state index contributed by atoms with van der Waals surface area (Å²) in [5, 5.41) is 22.5. The van der Waals surface area contributed by atoms with E-state index in [-0.39, 0.29) is 11.9 Å². The van der Waals surface area contributed by atoms with Crippen molar-refractivity contribution in [2.24, 2.45) is 0 Å². The van der Waals surface area contributed by atoms with E-state index >= 15 is 0 Å². The number of ether oxygens (including phenoxy) is 1. The molecule has 32 heavy (non-hydrogen) atoms. The van der Waals surface area contributed by atoms with Gasteiger partial charge in [0.05, 0.1) is 24.9 Å². The predicted octanol–water partition coefficient (Wildman–Crippen LogP) is 2.74. The van der Waals surface area contributed by atoms with Gasteiger partial charge in [0, 0.05) is 24.2 Å². The topological polar surface area (TPSA) is 124 Å². The second-order valence-electron chi connectivity index (χ2n) is 6.98. The summed E-state index contributed by atoms with van der Waals surface area (Å²) in [4.78, 5) is 25.6. The minimum absolute atomic E-state index is 0.108. The molecule has 2 atom stereocenters. The van der Waals surface area contributed by atoms with E-state index in [0.717, 1.165) is 24.1 Å². The number of rotatable bonds is 4. The maximum absolute atomic E-state index is 12.5. The van der Waals surface area contributed by atoms with Gasteiger partial charge in [-0.1, -0.05) is 12.1 Å². The number of carbonyl (C=O) groups excluding carboxylic acids is 1. The van der Waals surface area contributed by atoms with Crippen LogP contribution in [0.3, 0.4) is 0 Å². The predicted molar refractivity (Wildman–Crippen MR) is 108 cm³/mol. The van der Waals surface area contributed by atoms with Gasteiger partial charge in [0.15, 0.2) is 0 Å². The van der Waals surface area contributed by atoms with Crippen LogP contribution >= 0.6 is 0 Å². The molecule has 0 aliphatic carbocycles. The number of aliphatic carboxylic acids is 1. The number of nitrogens with one attached hydrogen (secondary N) is 2. The van der Waals surface area contributed by atoms with Crippen molar-refractivity contribution in [2.45, 2.75) is 31.6 Å². The Bertz CT molecular complexity index is 1020. The molecule has 1 aliphatic heterocycles. The molecule has 8 nitrogen and oxygen atoms in total. The zero-order valence-corrected chi connectivity index (χ0v) is 17.2. The zero-order valence-electron chi connectivity index (χ0n) is 17.2. The molecular formula is C21H21F3N4O4. The first-order valence-electron chi connectivity index (χ1n) is 9.44. The molecule has 1 amide bonds. The highest BCUT2D eigenvalue weighted by molar-refractivity contribution is 5.94. The Balaban J connectivity index is 0.000000451. The van der Waals surface area contributed by atoms with Crippen LogP contribution < -0.4 is 15.4 Å².